The highest BCUT2D eigenvalue weighted by Gasteiger charge is 2.34. The van der Waals surface area contributed by atoms with Crippen molar-refractivity contribution >= 4 is 27.7 Å². The third kappa shape index (κ3) is 2.99. The molecule has 0 heterocycles. The van der Waals surface area contributed by atoms with E-state index in [4.69, 9.17) is 5.11 Å². The third-order valence-corrected chi connectivity index (χ3v) is 4.12. The van der Waals surface area contributed by atoms with Gasteiger partial charge in [-0.05, 0) is 30.9 Å². The Bertz CT molecular complexity index is 453. The first-order valence-electron chi connectivity index (χ1n) is 6.09. The molecule has 0 bridgehead atoms. The van der Waals surface area contributed by atoms with Gasteiger partial charge in [-0.2, -0.15) is 0 Å². The first kappa shape index (κ1) is 13.3. The van der Waals surface area contributed by atoms with Crippen molar-refractivity contribution in [2.45, 2.75) is 25.7 Å². The van der Waals surface area contributed by atoms with Crippen LogP contribution in [0.15, 0.2) is 28.7 Å². The van der Waals surface area contributed by atoms with E-state index in [1.807, 2.05) is 12.1 Å². The fourth-order valence-corrected chi connectivity index (χ4v) is 2.86. The van der Waals surface area contributed by atoms with Crippen molar-refractivity contribution in [2.24, 2.45) is 11.8 Å². The average Bonchev–Trinajstić information content (AvgIpc) is 2.78. The topological polar surface area (TPSA) is 54.4 Å². The Kier molecular flexibility index (Phi) is 4.17. The highest BCUT2D eigenvalue weighted by Crippen LogP contribution is 2.35. The number of rotatable bonds is 4. The molecule has 1 aromatic rings. The fraction of sp³-hybridized carbons (Fsp3) is 0.429. The van der Waals surface area contributed by atoms with E-state index < -0.39 is 5.97 Å². The molecular formula is C14H15BrO3. The second-order valence-electron chi connectivity index (χ2n) is 4.77. The average molecular weight is 311 g/mol. The molecule has 1 aromatic carbocycles. The van der Waals surface area contributed by atoms with Crippen molar-refractivity contribution in [1.29, 1.82) is 0 Å². The zero-order valence-corrected chi connectivity index (χ0v) is 11.5. The van der Waals surface area contributed by atoms with Gasteiger partial charge in [0.2, 0.25) is 0 Å². The number of carbonyl (C=O) groups is 2. The maximum Gasteiger partial charge on any atom is 0.306 e. The van der Waals surface area contributed by atoms with Crippen LogP contribution in [0, 0.1) is 11.8 Å². The molecule has 3 nitrogen and oxygen atoms in total. The van der Waals surface area contributed by atoms with Gasteiger partial charge in [0, 0.05) is 16.5 Å². The lowest BCUT2D eigenvalue weighted by Crippen LogP contribution is -2.20. The van der Waals surface area contributed by atoms with Gasteiger partial charge in [-0.1, -0.05) is 34.5 Å². The van der Waals surface area contributed by atoms with Gasteiger partial charge in [0.05, 0.1) is 5.92 Å². The van der Waals surface area contributed by atoms with Gasteiger partial charge in [-0.25, -0.2) is 0 Å². The van der Waals surface area contributed by atoms with Gasteiger partial charge >= 0.3 is 5.97 Å². The van der Waals surface area contributed by atoms with E-state index in [1.165, 1.54) is 0 Å². The summed E-state index contributed by atoms with van der Waals surface area (Å²) in [6, 6.07) is 7.21. The van der Waals surface area contributed by atoms with Gasteiger partial charge in [-0.3, -0.25) is 9.59 Å². The zero-order chi connectivity index (χ0) is 13.1. The van der Waals surface area contributed by atoms with Gasteiger partial charge in [-0.15, -0.1) is 0 Å². The van der Waals surface area contributed by atoms with Crippen molar-refractivity contribution in [3.8, 4) is 0 Å². The van der Waals surface area contributed by atoms with Gasteiger partial charge < -0.3 is 5.11 Å². The van der Waals surface area contributed by atoms with Crippen molar-refractivity contribution in [3.63, 3.8) is 0 Å². The quantitative estimate of drug-likeness (QED) is 0.866. The molecule has 1 saturated carbocycles. The lowest BCUT2D eigenvalue weighted by Gasteiger charge is -2.14. The number of hydrogen-bond donors (Lipinski definition) is 1. The first-order chi connectivity index (χ1) is 8.58. The Morgan fingerprint density at radius 1 is 1.22 bits per heavy atom. The van der Waals surface area contributed by atoms with Crippen LogP contribution >= 0.6 is 15.9 Å². The van der Waals surface area contributed by atoms with Crippen LogP contribution in [-0.4, -0.2) is 16.9 Å². The predicted octanol–water partition coefficient (Wildman–Crippen LogP) is 3.52. The molecule has 0 spiro atoms. The number of carboxylic acids is 1. The molecule has 4 heteroatoms. The number of Topliss-reactive ketones (excluding diaryl/α,β-unsaturated/α-hetero) is 1. The van der Waals surface area contributed by atoms with E-state index in [-0.39, 0.29) is 17.6 Å². The van der Waals surface area contributed by atoms with Crippen LogP contribution in [0.3, 0.4) is 0 Å². The maximum absolute atomic E-state index is 12.1. The number of carboxylic acid groups (broad SMARTS) is 1. The second-order valence-corrected chi connectivity index (χ2v) is 5.69. The van der Waals surface area contributed by atoms with Crippen LogP contribution in [-0.2, 0) is 4.79 Å². The lowest BCUT2D eigenvalue weighted by atomic mass is 9.89. The number of halogens is 1. The monoisotopic (exact) mass is 310 g/mol. The Morgan fingerprint density at radius 2 is 1.89 bits per heavy atom. The number of benzene rings is 1. The first-order valence-corrected chi connectivity index (χ1v) is 6.89. The number of hydrogen-bond acceptors (Lipinski definition) is 2. The lowest BCUT2D eigenvalue weighted by molar-refractivity contribution is -0.142. The molecule has 1 aliphatic carbocycles. The summed E-state index contributed by atoms with van der Waals surface area (Å²) in [5.41, 5.74) is 0.661. The van der Waals surface area contributed by atoms with Crippen molar-refractivity contribution in [1.82, 2.24) is 0 Å². The van der Waals surface area contributed by atoms with E-state index in [0.717, 1.165) is 17.3 Å². The minimum atomic E-state index is -0.763. The zero-order valence-electron chi connectivity index (χ0n) is 9.93. The van der Waals surface area contributed by atoms with Gasteiger partial charge in [0.1, 0.15) is 0 Å². The van der Waals surface area contributed by atoms with Crippen LogP contribution < -0.4 is 0 Å². The largest absolute Gasteiger partial charge is 0.481 e. The highest BCUT2D eigenvalue weighted by atomic mass is 79.9. The smallest absolute Gasteiger partial charge is 0.306 e. The molecule has 1 aliphatic rings. The van der Waals surface area contributed by atoms with Gasteiger partial charge in [0.25, 0.3) is 0 Å². The normalized spacial score (nSPS) is 22.9. The third-order valence-electron chi connectivity index (χ3n) is 3.59. The van der Waals surface area contributed by atoms with E-state index >= 15 is 0 Å². The molecular weight excluding hydrogens is 296 g/mol. The summed E-state index contributed by atoms with van der Waals surface area (Å²) in [7, 11) is 0. The van der Waals surface area contributed by atoms with E-state index in [1.54, 1.807) is 12.1 Å². The Hall–Kier alpha value is -1.16. The summed E-state index contributed by atoms with van der Waals surface area (Å²) in [6.07, 6.45) is 2.81. The van der Waals surface area contributed by atoms with Gasteiger partial charge in [0.15, 0.2) is 5.78 Å². The van der Waals surface area contributed by atoms with Crippen LogP contribution in [0.25, 0.3) is 0 Å². The Labute approximate surface area is 114 Å². The van der Waals surface area contributed by atoms with E-state index in [9.17, 15) is 9.59 Å². The SMILES string of the molecule is O=C(C[C@H]1CCC[C@@H]1C(=O)O)c1ccc(Br)cc1. The molecule has 2 rings (SSSR count). The summed E-state index contributed by atoms with van der Waals surface area (Å²) in [6.45, 7) is 0. The predicted molar refractivity (Wildman–Crippen MR) is 71.6 cm³/mol. The summed E-state index contributed by atoms with van der Waals surface area (Å²) < 4.78 is 0.934. The molecule has 0 aromatic heterocycles. The van der Waals surface area contributed by atoms with Crippen LogP contribution in [0.1, 0.15) is 36.0 Å². The number of ketones is 1. The Morgan fingerprint density at radius 3 is 2.50 bits per heavy atom. The number of carbonyl (C=O) groups excluding carboxylic acids is 1. The van der Waals surface area contributed by atoms with Crippen LogP contribution in [0.4, 0.5) is 0 Å². The fourth-order valence-electron chi connectivity index (χ4n) is 2.60. The van der Waals surface area contributed by atoms with Crippen LogP contribution in [0.2, 0.25) is 0 Å². The minimum absolute atomic E-state index is 0.00125. The van der Waals surface area contributed by atoms with Crippen molar-refractivity contribution in [2.75, 3.05) is 0 Å². The second kappa shape index (κ2) is 5.65. The van der Waals surface area contributed by atoms with Crippen LogP contribution in [0.5, 0.6) is 0 Å². The standard InChI is InChI=1S/C14H15BrO3/c15-11-6-4-9(5-7-11)13(16)8-10-2-1-3-12(10)14(17)18/h4-7,10,12H,1-3,8H2,(H,17,18)/t10-,12+/m1/s1. The minimum Gasteiger partial charge on any atom is -0.481 e. The molecule has 0 radical (unpaired) electrons. The molecule has 18 heavy (non-hydrogen) atoms. The molecule has 1 fully saturated rings. The molecule has 0 unspecified atom stereocenters. The molecule has 0 saturated heterocycles. The Balaban J connectivity index is 2.03. The molecule has 0 amide bonds. The summed E-state index contributed by atoms with van der Waals surface area (Å²) >= 11 is 3.32. The van der Waals surface area contributed by atoms with Crippen molar-refractivity contribution in [3.05, 3.63) is 34.3 Å². The maximum atomic E-state index is 12.1. The van der Waals surface area contributed by atoms with Crippen molar-refractivity contribution < 1.29 is 14.7 Å². The number of aliphatic carboxylic acids is 1. The van der Waals surface area contributed by atoms with E-state index in [0.29, 0.717) is 18.4 Å². The summed E-state index contributed by atoms with van der Waals surface area (Å²) in [5, 5.41) is 9.09. The highest BCUT2D eigenvalue weighted by molar-refractivity contribution is 9.10. The summed E-state index contributed by atoms with van der Waals surface area (Å²) in [5.74, 6) is -1.06. The summed E-state index contributed by atoms with van der Waals surface area (Å²) in [4.78, 5) is 23.1. The molecule has 2 atom stereocenters. The van der Waals surface area contributed by atoms with E-state index in [2.05, 4.69) is 15.9 Å². The molecule has 1 N–H and O–H groups in total. The molecule has 0 aliphatic heterocycles. The molecule has 96 valence electrons.